The molecule has 7 nitrogen and oxygen atoms in total. The first-order valence-electron chi connectivity index (χ1n) is 6.90. The third-order valence-corrected chi connectivity index (χ3v) is 3.48. The lowest BCUT2D eigenvalue weighted by molar-refractivity contribution is 0.374. The summed E-state index contributed by atoms with van der Waals surface area (Å²) in [5.41, 5.74) is 0. The Morgan fingerprint density at radius 1 is 1.36 bits per heavy atom. The maximum absolute atomic E-state index is 5.07. The van der Waals surface area contributed by atoms with Crippen LogP contribution in [-0.4, -0.2) is 34.2 Å². The van der Waals surface area contributed by atoms with Gasteiger partial charge in [0.25, 0.3) is 0 Å². The standard InChI is InChI=1S/C13H20N6OS.HI/c1-4-14-13(17-8-12-16-7-9(2)21-12)15-6-5-11-18-10(3)19-20-11;/h7H,4-6,8H2,1-3H3,(H2,14,15,17);1H. The summed E-state index contributed by atoms with van der Waals surface area (Å²) >= 11 is 1.66. The number of thiazole rings is 1. The molecular weight excluding hydrogens is 415 g/mol. The Morgan fingerprint density at radius 2 is 2.18 bits per heavy atom. The summed E-state index contributed by atoms with van der Waals surface area (Å²) in [6.45, 7) is 7.95. The number of hydrogen-bond acceptors (Lipinski definition) is 6. The van der Waals surface area contributed by atoms with Crippen molar-refractivity contribution in [3.8, 4) is 0 Å². The Labute approximate surface area is 151 Å². The Balaban J connectivity index is 0.00000242. The molecule has 0 unspecified atom stereocenters. The molecule has 2 aromatic heterocycles. The molecule has 0 aromatic carbocycles. The zero-order valence-corrected chi connectivity index (χ0v) is 16.1. The average Bonchev–Trinajstić information content (AvgIpc) is 3.05. The Hall–Kier alpha value is -1.23. The van der Waals surface area contributed by atoms with E-state index in [0.717, 1.165) is 17.5 Å². The van der Waals surface area contributed by atoms with Gasteiger partial charge in [0.1, 0.15) is 5.01 Å². The molecule has 0 saturated heterocycles. The van der Waals surface area contributed by atoms with Gasteiger partial charge in [0.05, 0.1) is 6.54 Å². The van der Waals surface area contributed by atoms with Crippen molar-refractivity contribution in [2.24, 2.45) is 4.99 Å². The third-order valence-electron chi connectivity index (χ3n) is 2.59. The lowest BCUT2D eigenvalue weighted by atomic mass is 10.4. The monoisotopic (exact) mass is 436 g/mol. The molecule has 0 spiro atoms. The molecule has 2 rings (SSSR count). The smallest absolute Gasteiger partial charge is 0.228 e. The van der Waals surface area contributed by atoms with E-state index in [1.165, 1.54) is 4.88 Å². The number of rotatable bonds is 6. The van der Waals surface area contributed by atoms with E-state index in [1.54, 1.807) is 11.3 Å². The van der Waals surface area contributed by atoms with E-state index in [4.69, 9.17) is 4.52 Å². The number of aryl methyl sites for hydroxylation is 2. The van der Waals surface area contributed by atoms with Crippen molar-refractivity contribution in [3.63, 3.8) is 0 Å². The molecule has 122 valence electrons. The molecule has 0 radical (unpaired) electrons. The Bertz CT molecular complexity index is 597. The lowest BCUT2D eigenvalue weighted by Crippen LogP contribution is -2.38. The van der Waals surface area contributed by atoms with E-state index < -0.39 is 0 Å². The van der Waals surface area contributed by atoms with E-state index in [0.29, 0.717) is 31.2 Å². The van der Waals surface area contributed by atoms with Gasteiger partial charge in [0.2, 0.25) is 5.89 Å². The highest BCUT2D eigenvalue weighted by atomic mass is 127. The highest BCUT2D eigenvalue weighted by molar-refractivity contribution is 14.0. The number of aliphatic imine (C=N–C) groups is 1. The van der Waals surface area contributed by atoms with Crippen LogP contribution >= 0.6 is 35.3 Å². The minimum Gasteiger partial charge on any atom is -0.357 e. The van der Waals surface area contributed by atoms with Crippen LogP contribution in [0.15, 0.2) is 15.7 Å². The van der Waals surface area contributed by atoms with Gasteiger partial charge in [-0.3, -0.25) is 0 Å². The van der Waals surface area contributed by atoms with Crippen LogP contribution in [0.2, 0.25) is 0 Å². The molecule has 9 heteroatoms. The Kier molecular flexibility index (Phi) is 8.31. The molecule has 0 aliphatic carbocycles. The van der Waals surface area contributed by atoms with E-state index >= 15 is 0 Å². The zero-order chi connectivity index (χ0) is 15.1. The summed E-state index contributed by atoms with van der Waals surface area (Å²) in [6.07, 6.45) is 2.54. The summed E-state index contributed by atoms with van der Waals surface area (Å²) in [5, 5.41) is 11.2. The number of aromatic nitrogens is 3. The summed E-state index contributed by atoms with van der Waals surface area (Å²) < 4.78 is 5.07. The summed E-state index contributed by atoms with van der Waals surface area (Å²) in [4.78, 5) is 14.2. The van der Waals surface area contributed by atoms with Crippen LogP contribution in [0.4, 0.5) is 0 Å². The number of nitrogens with one attached hydrogen (secondary N) is 2. The van der Waals surface area contributed by atoms with Crippen molar-refractivity contribution < 1.29 is 4.52 Å². The number of nitrogens with zero attached hydrogens (tertiary/aromatic N) is 4. The number of hydrogen-bond donors (Lipinski definition) is 2. The van der Waals surface area contributed by atoms with Gasteiger partial charge >= 0.3 is 0 Å². The van der Waals surface area contributed by atoms with Crippen molar-refractivity contribution in [2.45, 2.75) is 33.7 Å². The van der Waals surface area contributed by atoms with Gasteiger partial charge in [0.15, 0.2) is 11.8 Å². The van der Waals surface area contributed by atoms with Gasteiger partial charge in [-0.2, -0.15) is 4.98 Å². The molecule has 0 saturated carbocycles. The van der Waals surface area contributed by atoms with Crippen LogP contribution in [0, 0.1) is 13.8 Å². The van der Waals surface area contributed by atoms with Gasteiger partial charge < -0.3 is 15.2 Å². The number of halogens is 1. The third kappa shape index (κ3) is 6.26. The molecule has 0 aliphatic rings. The fraction of sp³-hybridized carbons (Fsp3) is 0.538. The molecule has 0 aliphatic heterocycles. The molecule has 2 aromatic rings. The van der Waals surface area contributed by atoms with Crippen molar-refractivity contribution >= 4 is 41.3 Å². The SMILES string of the molecule is CCNC(=NCc1ncc(C)s1)NCCc1nc(C)no1.I. The van der Waals surface area contributed by atoms with Crippen LogP contribution in [-0.2, 0) is 13.0 Å². The van der Waals surface area contributed by atoms with Gasteiger partial charge in [-0.25, -0.2) is 9.98 Å². The molecule has 0 atom stereocenters. The normalized spacial score (nSPS) is 11.1. The zero-order valence-electron chi connectivity index (χ0n) is 12.9. The first kappa shape index (κ1) is 18.8. The second kappa shape index (κ2) is 9.72. The van der Waals surface area contributed by atoms with Crippen LogP contribution in [0.3, 0.4) is 0 Å². The maximum Gasteiger partial charge on any atom is 0.228 e. The van der Waals surface area contributed by atoms with Crippen molar-refractivity contribution in [1.82, 2.24) is 25.8 Å². The van der Waals surface area contributed by atoms with E-state index in [1.807, 2.05) is 27.0 Å². The topological polar surface area (TPSA) is 88.2 Å². The van der Waals surface area contributed by atoms with Crippen molar-refractivity contribution in [2.75, 3.05) is 13.1 Å². The largest absolute Gasteiger partial charge is 0.357 e. The second-order valence-electron chi connectivity index (χ2n) is 4.47. The van der Waals surface area contributed by atoms with Crippen LogP contribution in [0.5, 0.6) is 0 Å². The maximum atomic E-state index is 5.07. The summed E-state index contributed by atoms with van der Waals surface area (Å²) in [7, 11) is 0. The van der Waals surface area contributed by atoms with E-state index in [-0.39, 0.29) is 24.0 Å². The predicted octanol–water partition coefficient (Wildman–Crippen LogP) is 2.06. The number of guanidine groups is 1. The highest BCUT2D eigenvalue weighted by Gasteiger charge is 2.04. The minimum absolute atomic E-state index is 0. The molecule has 0 amide bonds. The molecular formula is C13H21IN6OS. The molecule has 0 fully saturated rings. The Morgan fingerprint density at radius 3 is 2.77 bits per heavy atom. The fourth-order valence-electron chi connectivity index (χ4n) is 1.69. The van der Waals surface area contributed by atoms with Gasteiger partial charge in [0, 0.05) is 30.6 Å². The van der Waals surface area contributed by atoms with Gasteiger partial charge in [-0.15, -0.1) is 35.3 Å². The van der Waals surface area contributed by atoms with Crippen LogP contribution in [0.25, 0.3) is 0 Å². The predicted molar refractivity (Wildman–Crippen MR) is 97.8 cm³/mol. The highest BCUT2D eigenvalue weighted by Crippen LogP contribution is 2.11. The molecule has 22 heavy (non-hydrogen) atoms. The average molecular weight is 436 g/mol. The molecule has 0 bridgehead atoms. The fourth-order valence-corrected chi connectivity index (χ4v) is 2.40. The summed E-state index contributed by atoms with van der Waals surface area (Å²) in [6, 6.07) is 0. The molecule has 2 N–H and O–H groups in total. The first-order valence-corrected chi connectivity index (χ1v) is 7.71. The molecule has 2 heterocycles. The van der Waals surface area contributed by atoms with Gasteiger partial charge in [-0.05, 0) is 20.8 Å². The van der Waals surface area contributed by atoms with Gasteiger partial charge in [-0.1, -0.05) is 5.16 Å². The second-order valence-corrected chi connectivity index (χ2v) is 5.79. The van der Waals surface area contributed by atoms with Crippen molar-refractivity contribution in [1.29, 1.82) is 0 Å². The van der Waals surface area contributed by atoms with E-state index in [9.17, 15) is 0 Å². The van der Waals surface area contributed by atoms with E-state index in [2.05, 4.69) is 30.8 Å². The van der Waals surface area contributed by atoms with Crippen LogP contribution < -0.4 is 10.6 Å². The first-order chi connectivity index (χ1) is 10.2. The van der Waals surface area contributed by atoms with Crippen molar-refractivity contribution in [3.05, 3.63) is 27.8 Å². The minimum atomic E-state index is 0. The summed E-state index contributed by atoms with van der Waals surface area (Å²) in [5.74, 6) is 2.05. The lowest BCUT2D eigenvalue weighted by Gasteiger charge is -2.09. The van der Waals surface area contributed by atoms with Crippen LogP contribution in [0.1, 0.15) is 28.5 Å². The quantitative estimate of drug-likeness (QED) is 0.410.